The largest absolute Gasteiger partial charge is 0.496 e. The van der Waals surface area contributed by atoms with E-state index < -0.39 is 0 Å². The molecule has 0 aliphatic carbocycles. The standard InChI is InChI=1S/C15H23N3O2/c1-11(16-2)15-12(5-4-6-13(15)20-3)18-9-7-14(19)17-8-10-18/h4-6,11,16H,7-10H2,1-3H3,(H,17,19). The molecule has 0 spiro atoms. The van der Waals surface area contributed by atoms with Gasteiger partial charge in [-0.25, -0.2) is 0 Å². The first-order valence-electron chi connectivity index (χ1n) is 7.03. The maximum Gasteiger partial charge on any atom is 0.221 e. The van der Waals surface area contributed by atoms with Crippen molar-refractivity contribution in [2.24, 2.45) is 0 Å². The van der Waals surface area contributed by atoms with Crippen LogP contribution in [0.1, 0.15) is 24.9 Å². The predicted molar refractivity (Wildman–Crippen MR) is 80.3 cm³/mol. The van der Waals surface area contributed by atoms with Crippen LogP contribution >= 0.6 is 0 Å². The number of nitrogens with one attached hydrogen (secondary N) is 2. The lowest BCUT2D eigenvalue weighted by Crippen LogP contribution is -2.30. The number of benzene rings is 1. The molecule has 0 radical (unpaired) electrons. The first kappa shape index (κ1) is 14.7. The normalized spacial score (nSPS) is 17.4. The van der Waals surface area contributed by atoms with Gasteiger partial charge in [-0.15, -0.1) is 0 Å². The average Bonchev–Trinajstić information content (AvgIpc) is 2.70. The van der Waals surface area contributed by atoms with Crippen LogP contribution in [0, 0.1) is 0 Å². The molecule has 1 aromatic rings. The fraction of sp³-hybridized carbons (Fsp3) is 0.533. The highest BCUT2D eigenvalue weighted by Crippen LogP contribution is 2.34. The molecule has 2 N–H and O–H groups in total. The third-order valence-electron chi connectivity index (χ3n) is 3.78. The van der Waals surface area contributed by atoms with Crippen LogP contribution in [0.5, 0.6) is 5.75 Å². The van der Waals surface area contributed by atoms with Crippen molar-refractivity contribution in [2.45, 2.75) is 19.4 Å². The minimum atomic E-state index is 0.124. The number of amides is 1. The minimum absolute atomic E-state index is 0.124. The van der Waals surface area contributed by atoms with Crippen LogP contribution in [0.3, 0.4) is 0 Å². The Morgan fingerprint density at radius 1 is 1.40 bits per heavy atom. The Labute approximate surface area is 120 Å². The van der Waals surface area contributed by atoms with Gasteiger partial charge in [-0.1, -0.05) is 6.07 Å². The molecule has 1 heterocycles. The van der Waals surface area contributed by atoms with Gasteiger partial charge in [0.15, 0.2) is 0 Å². The molecule has 1 atom stereocenters. The van der Waals surface area contributed by atoms with Gasteiger partial charge in [0.25, 0.3) is 0 Å². The summed E-state index contributed by atoms with van der Waals surface area (Å²) in [6.07, 6.45) is 0.532. The molecular formula is C15H23N3O2. The quantitative estimate of drug-likeness (QED) is 0.871. The number of anilines is 1. The number of hydrogen-bond donors (Lipinski definition) is 2. The smallest absolute Gasteiger partial charge is 0.221 e. The summed E-state index contributed by atoms with van der Waals surface area (Å²) in [4.78, 5) is 13.7. The molecule has 0 aromatic heterocycles. The number of rotatable bonds is 4. The molecule has 1 amide bonds. The summed E-state index contributed by atoms with van der Waals surface area (Å²) >= 11 is 0. The highest BCUT2D eigenvalue weighted by Gasteiger charge is 2.21. The summed E-state index contributed by atoms with van der Waals surface area (Å²) in [7, 11) is 3.63. The fourth-order valence-electron chi connectivity index (χ4n) is 2.57. The summed E-state index contributed by atoms with van der Waals surface area (Å²) in [5.41, 5.74) is 2.29. The number of methoxy groups -OCH3 is 1. The first-order chi connectivity index (χ1) is 9.67. The van der Waals surface area contributed by atoms with E-state index in [1.165, 1.54) is 0 Å². The molecule has 1 saturated heterocycles. The van der Waals surface area contributed by atoms with E-state index in [-0.39, 0.29) is 11.9 Å². The third kappa shape index (κ3) is 3.04. The summed E-state index contributed by atoms with van der Waals surface area (Å²) < 4.78 is 5.50. The molecule has 0 saturated carbocycles. The van der Waals surface area contributed by atoms with Crippen molar-refractivity contribution >= 4 is 11.6 Å². The number of hydrogen-bond acceptors (Lipinski definition) is 4. The van der Waals surface area contributed by atoms with Gasteiger partial charge >= 0.3 is 0 Å². The van der Waals surface area contributed by atoms with Gasteiger partial charge in [0.05, 0.1) is 7.11 Å². The van der Waals surface area contributed by atoms with Gasteiger partial charge in [0, 0.05) is 43.3 Å². The van der Waals surface area contributed by atoms with Gasteiger partial charge in [-0.05, 0) is 26.1 Å². The Balaban J connectivity index is 2.36. The summed E-state index contributed by atoms with van der Waals surface area (Å²) in [5, 5.41) is 6.18. The Morgan fingerprint density at radius 3 is 2.90 bits per heavy atom. The van der Waals surface area contributed by atoms with Crippen molar-refractivity contribution in [1.82, 2.24) is 10.6 Å². The maximum absolute atomic E-state index is 11.5. The fourth-order valence-corrected chi connectivity index (χ4v) is 2.57. The molecular weight excluding hydrogens is 254 g/mol. The number of nitrogens with zero attached hydrogens (tertiary/aromatic N) is 1. The van der Waals surface area contributed by atoms with Gasteiger partial charge in [-0.2, -0.15) is 0 Å². The molecule has 0 bridgehead atoms. The minimum Gasteiger partial charge on any atom is -0.496 e. The van der Waals surface area contributed by atoms with Crippen LogP contribution in [0.4, 0.5) is 5.69 Å². The van der Waals surface area contributed by atoms with Gasteiger partial charge in [0.2, 0.25) is 5.91 Å². The second-order valence-corrected chi connectivity index (χ2v) is 4.99. The van der Waals surface area contributed by atoms with Crippen molar-refractivity contribution in [1.29, 1.82) is 0 Å². The van der Waals surface area contributed by atoms with E-state index >= 15 is 0 Å². The SMILES string of the molecule is CNC(C)c1c(OC)cccc1N1CCNC(=O)CC1. The van der Waals surface area contributed by atoms with Crippen LogP contribution in [-0.4, -0.2) is 39.7 Å². The second kappa shape index (κ2) is 6.61. The lowest BCUT2D eigenvalue weighted by Gasteiger charge is -2.28. The van der Waals surface area contributed by atoms with Crippen LogP contribution in [0.2, 0.25) is 0 Å². The van der Waals surface area contributed by atoms with Gasteiger partial charge < -0.3 is 20.3 Å². The number of carbonyl (C=O) groups excluding carboxylic acids is 1. The van der Waals surface area contributed by atoms with E-state index in [0.29, 0.717) is 13.0 Å². The summed E-state index contributed by atoms with van der Waals surface area (Å²) in [5.74, 6) is 1.01. The van der Waals surface area contributed by atoms with Crippen molar-refractivity contribution in [3.05, 3.63) is 23.8 Å². The van der Waals surface area contributed by atoms with Crippen LogP contribution in [-0.2, 0) is 4.79 Å². The molecule has 1 unspecified atom stereocenters. The van der Waals surface area contributed by atoms with Crippen LogP contribution < -0.4 is 20.3 Å². The van der Waals surface area contributed by atoms with Crippen LogP contribution in [0.15, 0.2) is 18.2 Å². The van der Waals surface area contributed by atoms with Crippen molar-refractivity contribution in [3.63, 3.8) is 0 Å². The molecule has 1 aromatic carbocycles. The monoisotopic (exact) mass is 277 g/mol. The first-order valence-corrected chi connectivity index (χ1v) is 7.03. The molecule has 1 aliphatic heterocycles. The summed E-state index contributed by atoms with van der Waals surface area (Å²) in [6, 6.07) is 6.27. The molecule has 1 aliphatic rings. The Morgan fingerprint density at radius 2 is 2.20 bits per heavy atom. The molecule has 5 heteroatoms. The van der Waals surface area contributed by atoms with Crippen molar-refractivity contribution in [3.8, 4) is 5.75 Å². The molecule has 20 heavy (non-hydrogen) atoms. The highest BCUT2D eigenvalue weighted by atomic mass is 16.5. The van der Waals surface area contributed by atoms with E-state index in [1.807, 2.05) is 19.2 Å². The number of carbonyl (C=O) groups is 1. The van der Waals surface area contributed by atoms with Crippen molar-refractivity contribution < 1.29 is 9.53 Å². The Kier molecular flexibility index (Phi) is 4.84. The van der Waals surface area contributed by atoms with E-state index in [2.05, 4.69) is 28.5 Å². The lowest BCUT2D eigenvalue weighted by atomic mass is 10.0. The van der Waals surface area contributed by atoms with Crippen LogP contribution in [0.25, 0.3) is 0 Å². The Bertz CT molecular complexity index is 476. The zero-order valence-corrected chi connectivity index (χ0v) is 12.4. The topological polar surface area (TPSA) is 53.6 Å². The van der Waals surface area contributed by atoms with Crippen molar-refractivity contribution in [2.75, 3.05) is 38.7 Å². The van der Waals surface area contributed by atoms with E-state index in [1.54, 1.807) is 7.11 Å². The molecule has 5 nitrogen and oxygen atoms in total. The number of ether oxygens (including phenoxy) is 1. The zero-order valence-electron chi connectivity index (χ0n) is 12.4. The highest BCUT2D eigenvalue weighted by molar-refractivity contribution is 5.77. The third-order valence-corrected chi connectivity index (χ3v) is 3.78. The molecule has 110 valence electrons. The van der Waals surface area contributed by atoms with Gasteiger partial charge in [-0.3, -0.25) is 4.79 Å². The lowest BCUT2D eigenvalue weighted by molar-refractivity contribution is -0.120. The summed E-state index contributed by atoms with van der Waals surface area (Å²) in [6.45, 7) is 4.36. The average molecular weight is 277 g/mol. The zero-order chi connectivity index (χ0) is 14.5. The molecule has 2 rings (SSSR count). The van der Waals surface area contributed by atoms with Gasteiger partial charge in [0.1, 0.15) is 5.75 Å². The predicted octanol–water partition coefficient (Wildman–Crippen LogP) is 1.30. The molecule has 1 fully saturated rings. The maximum atomic E-state index is 11.5. The van der Waals surface area contributed by atoms with E-state index in [0.717, 1.165) is 30.1 Å². The van der Waals surface area contributed by atoms with E-state index in [4.69, 9.17) is 4.74 Å². The Hall–Kier alpha value is -1.75. The van der Waals surface area contributed by atoms with E-state index in [9.17, 15) is 4.79 Å². The second-order valence-electron chi connectivity index (χ2n) is 4.99.